The molecule has 0 aromatic heterocycles. The summed E-state index contributed by atoms with van der Waals surface area (Å²) in [4.78, 5) is 23.9. The van der Waals surface area contributed by atoms with Crippen LogP contribution in [-0.2, 0) is 15.0 Å². The molecule has 5 heteroatoms. The summed E-state index contributed by atoms with van der Waals surface area (Å²) < 4.78 is 0. The molecule has 1 amide bonds. The highest BCUT2D eigenvalue weighted by Gasteiger charge is 2.52. The minimum absolute atomic E-state index is 0.103. The van der Waals surface area contributed by atoms with E-state index in [-0.39, 0.29) is 11.8 Å². The van der Waals surface area contributed by atoms with E-state index in [1.165, 1.54) is 0 Å². The van der Waals surface area contributed by atoms with Gasteiger partial charge in [0.2, 0.25) is 5.91 Å². The molecular formula is C16H22N2O3. The molecule has 4 N–H and O–H groups in total. The first kappa shape index (κ1) is 15.4. The van der Waals surface area contributed by atoms with E-state index in [1.54, 1.807) is 12.1 Å². The molecule has 1 saturated carbocycles. The third-order valence-electron chi connectivity index (χ3n) is 4.41. The second-order valence-electron chi connectivity index (χ2n) is 5.88. The van der Waals surface area contributed by atoms with Crippen molar-refractivity contribution in [2.24, 2.45) is 5.92 Å². The number of nitrogen functional groups attached to an aromatic ring is 1. The van der Waals surface area contributed by atoms with Gasteiger partial charge >= 0.3 is 5.97 Å². The molecule has 21 heavy (non-hydrogen) atoms. The van der Waals surface area contributed by atoms with E-state index in [0.29, 0.717) is 12.1 Å². The lowest BCUT2D eigenvalue weighted by molar-refractivity contribution is -0.143. The van der Waals surface area contributed by atoms with E-state index in [1.807, 2.05) is 26.0 Å². The molecule has 1 fully saturated rings. The molecule has 0 aliphatic heterocycles. The van der Waals surface area contributed by atoms with Crippen molar-refractivity contribution in [2.75, 3.05) is 5.73 Å². The first-order chi connectivity index (χ1) is 9.90. The van der Waals surface area contributed by atoms with Crippen molar-refractivity contribution in [1.29, 1.82) is 0 Å². The van der Waals surface area contributed by atoms with Gasteiger partial charge in [-0.2, -0.15) is 0 Å². The van der Waals surface area contributed by atoms with Crippen LogP contribution in [0.4, 0.5) is 5.69 Å². The van der Waals surface area contributed by atoms with Crippen LogP contribution in [0.15, 0.2) is 24.3 Å². The van der Waals surface area contributed by atoms with E-state index in [9.17, 15) is 14.7 Å². The van der Waals surface area contributed by atoms with Crippen LogP contribution in [0, 0.1) is 5.92 Å². The maximum absolute atomic E-state index is 12.5. The maximum Gasteiger partial charge on any atom is 0.326 e. The van der Waals surface area contributed by atoms with Gasteiger partial charge in [0.05, 0.1) is 5.41 Å². The molecule has 0 heterocycles. The number of carboxylic acids is 1. The number of carbonyl (C=O) groups excluding carboxylic acids is 1. The van der Waals surface area contributed by atoms with Crippen LogP contribution in [0.2, 0.25) is 0 Å². The van der Waals surface area contributed by atoms with Crippen LogP contribution in [-0.4, -0.2) is 23.0 Å². The van der Waals surface area contributed by atoms with Crippen LogP contribution in [0.3, 0.4) is 0 Å². The second-order valence-corrected chi connectivity index (χ2v) is 5.88. The van der Waals surface area contributed by atoms with Crippen molar-refractivity contribution >= 4 is 17.6 Å². The molecule has 0 saturated heterocycles. The average molecular weight is 290 g/mol. The summed E-state index contributed by atoms with van der Waals surface area (Å²) >= 11 is 0. The quantitative estimate of drug-likeness (QED) is 0.698. The van der Waals surface area contributed by atoms with E-state index in [2.05, 4.69) is 5.32 Å². The Morgan fingerprint density at radius 1 is 1.33 bits per heavy atom. The van der Waals surface area contributed by atoms with Gasteiger partial charge in [0.25, 0.3) is 0 Å². The smallest absolute Gasteiger partial charge is 0.326 e. The zero-order valence-corrected chi connectivity index (χ0v) is 12.4. The molecule has 114 valence electrons. The van der Waals surface area contributed by atoms with Crippen molar-refractivity contribution in [1.82, 2.24) is 5.32 Å². The molecule has 1 aromatic rings. The third kappa shape index (κ3) is 3.01. The summed E-state index contributed by atoms with van der Waals surface area (Å²) in [6.45, 7) is 3.75. The monoisotopic (exact) mass is 290 g/mol. The van der Waals surface area contributed by atoms with Crippen LogP contribution in [0.1, 0.15) is 38.7 Å². The zero-order valence-electron chi connectivity index (χ0n) is 12.4. The Morgan fingerprint density at radius 2 is 1.90 bits per heavy atom. The number of rotatable bonds is 6. The fourth-order valence-electron chi connectivity index (χ4n) is 2.54. The Morgan fingerprint density at radius 3 is 2.33 bits per heavy atom. The second kappa shape index (κ2) is 5.76. The minimum atomic E-state index is -0.981. The number of carboxylic acid groups (broad SMARTS) is 1. The van der Waals surface area contributed by atoms with Crippen molar-refractivity contribution in [3.8, 4) is 0 Å². The number of hydrogen-bond acceptors (Lipinski definition) is 3. The van der Waals surface area contributed by atoms with Gasteiger partial charge < -0.3 is 16.2 Å². The fourth-order valence-corrected chi connectivity index (χ4v) is 2.54. The third-order valence-corrected chi connectivity index (χ3v) is 4.41. The Balaban J connectivity index is 2.15. The van der Waals surface area contributed by atoms with Crippen LogP contribution >= 0.6 is 0 Å². The SMILES string of the molecule is CCC(C)[C@H](NC(=O)C1(c2ccc(N)cc2)CC1)C(=O)O. The number of benzene rings is 1. The molecule has 0 bridgehead atoms. The van der Waals surface area contributed by atoms with Gasteiger partial charge in [-0.05, 0) is 36.5 Å². The number of carbonyl (C=O) groups is 2. The number of amides is 1. The first-order valence-electron chi connectivity index (χ1n) is 7.30. The summed E-state index contributed by atoms with van der Waals surface area (Å²) in [6.07, 6.45) is 2.19. The highest BCUT2D eigenvalue weighted by Crippen LogP contribution is 2.48. The van der Waals surface area contributed by atoms with E-state index in [0.717, 1.165) is 18.4 Å². The number of hydrogen-bond donors (Lipinski definition) is 3. The number of aliphatic carboxylic acids is 1. The Kier molecular flexibility index (Phi) is 4.21. The van der Waals surface area contributed by atoms with Crippen LogP contribution in [0.25, 0.3) is 0 Å². The molecule has 0 spiro atoms. The molecule has 1 aliphatic carbocycles. The molecule has 0 radical (unpaired) electrons. The summed E-state index contributed by atoms with van der Waals surface area (Å²) in [5.74, 6) is -1.28. The molecule has 1 unspecified atom stereocenters. The first-order valence-corrected chi connectivity index (χ1v) is 7.30. The van der Waals surface area contributed by atoms with Gasteiger partial charge in [-0.3, -0.25) is 4.79 Å². The normalized spacial score (nSPS) is 18.6. The average Bonchev–Trinajstić information content (AvgIpc) is 3.25. The molecule has 2 atom stereocenters. The number of nitrogens with one attached hydrogen (secondary N) is 1. The Bertz CT molecular complexity index is 535. The van der Waals surface area contributed by atoms with Crippen molar-refractivity contribution in [2.45, 2.75) is 44.6 Å². The predicted octanol–water partition coefficient (Wildman–Crippen LogP) is 1.92. The standard InChI is InChI=1S/C16H22N2O3/c1-3-10(2)13(14(19)20)18-15(21)16(8-9-16)11-4-6-12(17)7-5-11/h4-7,10,13H,3,8-9,17H2,1-2H3,(H,18,21)(H,19,20)/t10?,13-/m0/s1. The minimum Gasteiger partial charge on any atom is -0.480 e. The number of anilines is 1. The summed E-state index contributed by atoms with van der Waals surface area (Å²) in [5, 5.41) is 12.0. The summed E-state index contributed by atoms with van der Waals surface area (Å²) in [7, 11) is 0. The van der Waals surface area contributed by atoms with E-state index in [4.69, 9.17) is 5.73 Å². The molecule has 2 rings (SSSR count). The molecule has 5 nitrogen and oxygen atoms in total. The molecular weight excluding hydrogens is 268 g/mol. The van der Waals surface area contributed by atoms with Gasteiger partial charge in [0, 0.05) is 5.69 Å². The Hall–Kier alpha value is -2.04. The lowest BCUT2D eigenvalue weighted by Crippen LogP contribution is -2.48. The maximum atomic E-state index is 12.5. The lowest BCUT2D eigenvalue weighted by Gasteiger charge is -2.23. The summed E-state index contributed by atoms with van der Waals surface area (Å²) in [6, 6.07) is 6.40. The lowest BCUT2D eigenvalue weighted by atomic mass is 9.92. The van der Waals surface area contributed by atoms with Crippen molar-refractivity contribution < 1.29 is 14.7 Å². The van der Waals surface area contributed by atoms with Gasteiger partial charge in [-0.15, -0.1) is 0 Å². The fraction of sp³-hybridized carbons (Fsp3) is 0.500. The van der Waals surface area contributed by atoms with Gasteiger partial charge in [-0.25, -0.2) is 4.79 Å². The van der Waals surface area contributed by atoms with E-state index < -0.39 is 17.4 Å². The molecule has 1 aromatic carbocycles. The summed E-state index contributed by atoms with van der Waals surface area (Å²) in [5.41, 5.74) is 6.65. The van der Waals surface area contributed by atoms with E-state index >= 15 is 0 Å². The largest absolute Gasteiger partial charge is 0.480 e. The van der Waals surface area contributed by atoms with Crippen LogP contribution < -0.4 is 11.1 Å². The predicted molar refractivity (Wildman–Crippen MR) is 80.8 cm³/mol. The number of nitrogens with two attached hydrogens (primary N) is 1. The Labute approximate surface area is 124 Å². The molecule has 1 aliphatic rings. The van der Waals surface area contributed by atoms with Gasteiger partial charge in [0.1, 0.15) is 6.04 Å². The highest BCUT2D eigenvalue weighted by atomic mass is 16.4. The van der Waals surface area contributed by atoms with Crippen LogP contribution in [0.5, 0.6) is 0 Å². The van der Waals surface area contributed by atoms with Gasteiger partial charge in [0.15, 0.2) is 0 Å². The zero-order chi connectivity index (χ0) is 15.6. The topological polar surface area (TPSA) is 92.4 Å². The van der Waals surface area contributed by atoms with Gasteiger partial charge in [-0.1, -0.05) is 32.4 Å². The highest BCUT2D eigenvalue weighted by molar-refractivity contribution is 5.94. The van der Waals surface area contributed by atoms with Crippen molar-refractivity contribution in [3.63, 3.8) is 0 Å². The van der Waals surface area contributed by atoms with Crippen molar-refractivity contribution in [3.05, 3.63) is 29.8 Å².